The molecule has 0 spiro atoms. The number of allylic oxidation sites excluding steroid dienone is 1. The van der Waals surface area contributed by atoms with Crippen LogP contribution in [-0.2, 0) is 6.18 Å². The van der Waals surface area contributed by atoms with Crippen LogP contribution >= 0.6 is 11.8 Å². The van der Waals surface area contributed by atoms with Crippen LogP contribution in [0.3, 0.4) is 0 Å². The largest absolute Gasteiger partial charge is 0.418 e. The molecule has 0 atom stereocenters. The van der Waals surface area contributed by atoms with Crippen LogP contribution in [0.25, 0.3) is 0 Å². The first-order valence-electron chi connectivity index (χ1n) is 4.94. The number of benzene rings is 1. The summed E-state index contributed by atoms with van der Waals surface area (Å²) in [4.78, 5) is 0.475. The molecule has 0 saturated carbocycles. The van der Waals surface area contributed by atoms with E-state index in [0.29, 0.717) is 4.90 Å². The Balaban J connectivity index is 3.19. The summed E-state index contributed by atoms with van der Waals surface area (Å²) in [5.41, 5.74) is -1.35. The number of thioether (sulfide) groups is 1. The van der Waals surface area contributed by atoms with Crippen molar-refractivity contribution in [2.75, 3.05) is 11.6 Å². The van der Waals surface area contributed by atoms with E-state index >= 15 is 0 Å². The van der Waals surface area contributed by atoms with Crippen LogP contribution in [0.15, 0.2) is 34.9 Å². The molecule has 0 amide bonds. The van der Waals surface area contributed by atoms with Crippen LogP contribution in [0.2, 0.25) is 0 Å². The van der Waals surface area contributed by atoms with Gasteiger partial charge in [-0.2, -0.15) is 23.7 Å². The summed E-state index contributed by atoms with van der Waals surface area (Å²) >= 11 is 1.19. The molecule has 19 heavy (non-hydrogen) atoms. The first-order chi connectivity index (χ1) is 8.92. The van der Waals surface area contributed by atoms with E-state index in [1.807, 2.05) is 0 Å². The van der Waals surface area contributed by atoms with Crippen molar-refractivity contribution in [1.29, 1.82) is 10.5 Å². The highest BCUT2D eigenvalue weighted by molar-refractivity contribution is 7.98. The Bertz CT molecular complexity index is 563. The first-order valence-corrected chi connectivity index (χ1v) is 6.17. The molecule has 7 heteroatoms. The van der Waals surface area contributed by atoms with Gasteiger partial charge in [-0.1, -0.05) is 0 Å². The molecule has 0 radical (unpaired) electrons. The number of nitrogens with zero attached hydrogens (tertiary/aromatic N) is 2. The van der Waals surface area contributed by atoms with Crippen molar-refractivity contribution in [3.05, 3.63) is 35.5 Å². The molecule has 0 aliphatic carbocycles. The zero-order valence-electron chi connectivity index (χ0n) is 9.75. The Morgan fingerprint density at radius 2 is 1.95 bits per heavy atom. The first kappa shape index (κ1) is 14.9. The maximum atomic E-state index is 12.9. The lowest BCUT2D eigenvalue weighted by Crippen LogP contribution is -2.09. The molecule has 1 aromatic rings. The van der Waals surface area contributed by atoms with Crippen LogP contribution in [0.5, 0.6) is 0 Å². The normalized spacial score (nSPS) is 10.2. The van der Waals surface area contributed by atoms with Crippen molar-refractivity contribution in [1.82, 2.24) is 0 Å². The van der Waals surface area contributed by atoms with Gasteiger partial charge in [0.25, 0.3) is 0 Å². The number of hydrogen-bond donors (Lipinski definition) is 1. The van der Waals surface area contributed by atoms with Crippen molar-refractivity contribution in [2.45, 2.75) is 11.1 Å². The average Bonchev–Trinajstić information content (AvgIpc) is 2.39. The molecule has 98 valence electrons. The van der Waals surface area contributed by atoms with Crippen LogP contribution in [0.1, 0.15) is 5.56 Å². The van der Waals surface area contributed by atoms with E-state index in [9.17, 15) is 13.2 Å². The minimum atomic E-state index is -4.51. The molecule has 0 bridgehead atoms. The highest BCUT2D eigenvalue weighted by atomic mass is 32.2. The van der Waals surface area contributed by atoms with Gasteiger partial charge < -0.3 is 5.32 Å². The predicted octanol–water partition coefficient (Wildman–Crippen LogP) is 3.77. The zero-order valence-corrected chi connectivity index (χ0v) is 10.6. The van der Waals surface area contributed by atoms with E-state index in [-0.39, 0.29) is 11.3 Å². The van der Waals surface area contributed by atoms with Crippen molar-refractivity contribution in [3.63, 3.8) is 0 Å². The average molecular weight is 283 g/mol. The lowest BCUT2D eigenvalue weighted by molar-refractivity contribution is -0.137. The number of rotatable bonds is 3. The third kappa shape index (κ3) is 3.94. The summed E-state index contributed by atoms with van der Waals surface area (Å²) in [6, 6.07) is 6.91. The quantitative estimate of drug-likeness (QED) is 0.677. The van der Waals surface area contributed by atoms with E-state index in [2.05, 4.69) is 5.32 Å². The summed E-state index contributed by atoms with van der Waals surface area (Å²) in [6.07, 6.45) is -1.89. The second-order valence-corrected chi connectivity index (χ2v) is 4.21. The smallest absolute Gasteiger partial charge is 0.359 e. The molecule has 0 saturated heterocycles. The van der Waals surface area contributed by atoms with E-state index in [4.69, 9.17) is 10.5 Å². The van der Waals surface area contributed by atoms with Gasteiger partial charge >= 0.3 is 6.18 Å². The molecular formula is C12H8F3N3S. The van der Waals surface area contributed by atoms with Gasteiger partial charge in [-0.25, -0.2) is 0 Å². The van der Waals surface area contributed by atoms with E-state index in [1.54, 1.807) is 18.4 Å². The molecule has 0 aliphatic heterocycles. The summed E-state index contributed by atoms with van der Waals surface area (Å²) in [7, 11) is 0. The summed E-state index contributed by atoms with van der Waals surface area (Å²) in [5.74, 6) is 0. The predicted molar refractivity (Wildman–Crippen MR) is 66.2 cm³/mol. The number of nitriles is 2. The topological polar surface area (TPSA) is 59.6 Å². The fraction of sp³-hybridized carbons (Fsp3) is 0.167. The molecule has 0 aromatic heterocycles. The van der Waals surface area contributed by atoms with Gasteiger partial charge in [0.2, 0.25) is 0 Å². The van der Waals surface area contributed by atoms with E-state index < -0.39 is 11.7 Å². The molecule has 0 aliphatic rings. The van der Waals surface area contributed by atoms with Crippen molar-refractivity contribution in [2.24, 2.45) is 0 Å². The second-order valence-electron chi connectivity index (χ2n) is 3.34. The molecular weight excluding hydrogens is 275 g/mol. The molecule has 1 rings (SSSR count). The van der Waals surface area contributed by atoms with Gasteiger partial charge in [-0.05, 0) is 24.5 Å². The SMILES string of the molecule is CSc1ccc(NC=C(C#N)C#N)c(C(F)(F)F)c1. The Hall–Kier alpha value is -2.12. The standard InChI is InChI=1S/C12H8F3N3S/c1-19-9-2-3-11(10(4-9)12(13,14)15)18-7-8(5-16)6-17/h2-4,7,18H,1H3. The Labute approximate surface area is 112 Å². The number of anilines is 1. The number of hydrogen-bond acceptors (Lipinski definition) is 4. The zero-order chi connectivity index (χ0) is 14.5. The lowest BCUT2D eigenvalue weighted by atomic mass is 10.1. The van der Waals surface area contributed by atoms with Crippen LogP contribution in [0.4, 0.5) is 18.9 Å². The maximum Gasteiger partial charge on any atom is 0.418 e. The van der Waals surface area contributed by atoms with Gasteiger partial charge in [0.15, 0.2) is 0 Å². The number of alkyl halides is 3. The van der Waals surface area contributed by atoms with Gasteiger partial charge in [-0.3, -0.25) is 0 Å². The molecule has 0 fully saturated rings. The van der Waals surface area contributed by atoms with Crippen molar-refractivity contribution in [3.8, 4) is 12.1 Å². The molecule has 3 nitrogen and oxygen atoms in total. The van der Waals surface area contributed by atoms with Crippen molar-refractivity contribution < 1.29 is 13.2 Å². The monoisotopic (exact) mass is 283 g/mol. The Morgan fingerprint density at radius 3 is 2.42 bits per heavy atom. The second kappa shape index (κ2) is 6.17. The summed E-state index contributed by atoms with van der Waals surface area (Å²) in [5, 5.41) is 19.4. The molecule has 1 aromatic carbocycles. The van der Waals surface area contributed by atoms with Crippen LogP contribution in [0, 0.1) is 22.7 Å². The Morgan fingerprint density at radius 1 is 1.32 bits per heavy atom. The lowest BCUT2D eigenvalue weighted by Gasteiger charge is -2.13. The molecule has 0 heterocycles. The van der Waals surface area contributed by atoms with Crippen molar-refractivity contribution >= 4 is 17.4 Å². The number of nitrogens with one attached hydrogen (secondary N) is 1. The Kier molecular flexibility index (Phi) is 4.85. The maximum absolute atomic E-state index is 12.9. The highest BCUT2D eigenvalue weighted by Gasteiger charge is 2.33. The fourth-order valence-corrected chi connectivity index (χ4v) is 1.69. The summed E-state index contributed by atoms with van der Waals surface area (Å²) < 4.78 is 38.6. The highest BCUT2D eigenvalue weighted by Crippen LogP contribution is 2.37. The van der Waals surface area contributed by atoms with Gasteiger partial charge in [-0.15, -0.1) is 11.8 Å². The van der Waals surface area contributed by atoms with Crippen LogP contribution in [-0.4, -0.2) is 6.26 Å². The minimum Gasteiger partial charge on any atom is -0.359 e. The van der Waals surface area contributed by atoms with Gasteiger partial charge in [0, 0.05) is 11.1 Å². The molecule has 1 N–H and O–H groups in total. The molecule has 0 unspecified atom stereocenters. The number of halogens is 3. The fourth-order valence-electron chi connectivity index (χ4n) is 1.25. The van der Waals surface area contributed by atoms with Crippen LogP contribution < -0.4 is 5.32 Å². The minimum absolute atomic E-state index is 0.201. The van der Waals surface area contributed by atoms with Gasteiger partial charge in [0.1, 0.15) is 17.7 Å². The summed E-state index contributed by atoms with van der Waals surface area (Å²) in [6.45, 7) is 0. The van der Waals surface area contributed by atoms with Gasteiger partial charge in [0.05, 0.1) is 11.3 Å². The van der Waals surface area contributed by atoms with E-state index in [0.717, 1.165) is 12.3 Å². The third-order valence-electron chi connectivity index (χ3n) is 2.15. The van der Waals surface area contributed by atoms with E-state index in [1.165, 1.54) is 23.9 Å². The third-order valence-corrected chi connectivity index (χ3v) is 2.87.